The summed E-state index contributed by atoms with van der Waals surface area (Å²) >= 11 is 0. The molecule has 0 radical (unpaired) electrons. The van der Waals surface area contributed by atoms with Crippen molar-refractivity contribution in [3.05, 3.63) is 88.6 Å². The van der Waals surface area contributed by atoms with Crippen LogP contribution in [0.3, 0.4) is 0 Å². The number of hydrogen-bond donors (Lipinski definition) is 2. The molecule has 5 rings (SSSR count). The lowest BCUT2D eigenvalue weighted by atomic mass is 9.86. The average molecular weight is 668 g/mol. The minimum absolute atomic E-state index is 0.189. The molecule has 1 aliphatic heterocycles. The summed E-state index contributed by atoms with van der Waals surface area (Å²) < 4.78 is 62.0. The van der Waals surface area contributed by atoms with E-state index < -0.39 is 33.5 Å². The number of halogens is 2. The zero-order valence-electron chi connectivity index (χ0n) is 27.3. The predicted octanol–water partition coefficient (Wildman–Crippen LogP) is 5.34. The number of fused-ring (bicyclic) bond motifs is 1. The molecule has 3 aromatic carbocycles. The summed E-state index contributed by atoms with van der Waals surface area (Å²) in [6.45, 7) is 8.28. The second kappa shape index (κ2) is 13.0. The van der Waals surface area contributed by atoms with E-state index in [9.17, 15) is 26.8 Å². The molecule has 2 N–H and O–H groups in total. The van der Waals surface area contributed by atoms with Crippen LogP contribution < -0.4 is 14.8 Å². The topological polar surface area (TPSA) is 113 Å². The van der Waals surface area contributed by atoms with Crippen molar-refractivity contribution in [1.29, 1.82) is 0 Å². The van der Waals surface area contributed by atoms with Crippen LogP contribution in [-0.4, -0.2) is 74.1 Å². The van der Waals surface area contributed by atoms with Gasteiger partial charge >= 0.3 is 0 Å². The summed E-state index contributed by atoms with van der Waals surface area (Å²) in [7, 11) is -0.413. The number of hydrogen-bond acceptors (Lipinski definition) is 6. The van der Waals surface area contributed by atoms with Crippen LogP contribution in [0, 0.1) is 11.6 Å². The highest BCUT2D eigenvalue weighted by Gasteiger charge is 2.27. The van der Waals surface area contributed by atoms with E-state index in [1.807, 2.05) is 50.6 Å². The number of para-hydroxylation sites is 1. The normalized spacial score (nSPS) is 14.3. The number of benzene rings is 3. The molecule has 0 aliphatic carbocycles. The van der Waals surface area contributed by atoms with Gasteiger partial charge in [0.25, 0.3) is 11.8 Å². The van der Waals surface area contributed by atoms with Crippen molar-refractivity contribution in [3.63, 3.8) is 0 Å². The van der Waals surface area contributed by atoms with Gasteiger partial charge in [-0.15, -0.1) is 0 Å². The van der Waals surface area contributed by atoms with Crippen LogP contribution in [0.25, 0.3) is 10.9 Å². The van der Waals surface area contributed by atoms with Crippen LogP contribution >= 0.6 is 0 Å². The highest BCUT2D eigenvalue weighted by Crippen LogP contribution is 2.39. The number of nitrogens with zero attached hydrogens (tertiary/aromatic N) is 3. The van der Waals surface area contributed by atoms with E-state index in [0.29, 0.717) is 44.1 Å². The second-order valence-corrected chi connectivity index (χ2v) is 14.5. The van der Waals surface area contributed by atoms with Crippen LogP contribution in [0.15, 0.2) is 54.6 Å². The van der Waals surface area contributed by atoms with Gasteiger partial charge in [0.15, 0.2) is 17.4 Å². The van der Waals surface area contributed by atoms with Crippen LogP contribution in [0.4, 0.5) is 20.2 Å². The van der Waals surface area contributed by atoms with E-state index in [1.165, 1.54) is 24.1 Å². The zero-order chi connectivity index (χ0) is 34.3. The minimum Gasteiger partial charge on any atom is -0.492 e. The lowest BCUT2D eigenvalue weighted by Gasteiger charge is -2.35. The number of rotatable bonds is 8. The monoisotopic (exact) mass is 667 g/mol. The minimum atomic E-state index is -3.63. The van der Waals surface area contributed by atoms with Crippen LogP contribution in [0.5, 0.6) is 5.75 Å². The molecule has 1 aliphatic rings. The van der Waals surface area contributed by atoms with E-state index in [1.54, 1.807) is 18.2 Å². The Morgan fingerprint density at radius 2 is 1.62 bits per heavy atom. The van der Waals surface area contributed by atoms with Crippen molar-refractivity contribution in [3.8, 4) is 5.75 Å². The van der Waals surface area contributed by atoms with Gasteiger partial charge in [-0.2, -0.15) is 0 Å². The molecule has 0 saturated carbocycles. The molecule has 2 amide bonds. The third kappa shape index (κ3) is 7.25. The Balaban J connectivity index is 1.37. The number of nitrogens with one attached hydrogen (secondary N) is 2. The first kappa shape index (κ1) is 33.9. The van der Waals surface area contributed by atoms with Crippen molar-refractivity contribution >= 4 is 44.1 Å². The number of ether oxygens (including phenoxy) is 1. The van der Waals surface area contributed by atoms with Crippen LogP contribution in [0.2, 0.25) is 0 Å². The Morgan fingerprint density at radius 1 is 0.957 bits per heavy atom. The molecule has 1 saturated heterocycles. The van der Waals surface area contributed by atoms with E-state index in [0.717, 1.165) is 34.4 Å². The number of carbonyl (C=O) groups is 2. The number of amides is 2. The molecule has 10 nitrogen and oxygen atoms in total. The summed E-state index contributed by atoms with van der Waals surface area (Å²) in [4.78, 5) is 30.3. The molecule has 47 heavy (non-hydrogen) atoms. The van der Waals surface area contributed by atoms with E-state index in [2.05, 4.69) is 14.9 Å². The number of carbonyl (C=O) groups excluding carboxylic acids is 2. The van der Waals surface area contributed by atoms with Gasteiger partial charge in [-0.05, 0) is 46.9 Å². The summed E-state index contributed by atoms with van der Waals surface area (Å²) in [6, 6.07) is 14.7. The zero-order valence-corrected chi connectivity index (χ0v) is 28.1. The maximum Gasteiger partial charge on any atom is 0.272 e. The molecule has 0 spiro atoms. The van der Waals surface area contributed by atoms with Crippen molar-refractivity contribution < 1.29 is 31.5 Å². The maximum absolute atomic E-state index is 14.2. The third-order valence-corrected chi connectivity index (χ3v) is 8.90. The molecule has 0 unspecified atom stereocenters. The Hall–Kier alpha value is -4.49. The fraction of sp³-hybridized carbons (Fsp3) is 0.353. The number of sulfonamides is 1. The van der Waals surface area contributed by atoms with Gasteiger partial charge in [-0.1, -0.05) is 45.0 Å². The molecule has 1 aromatic heterocycles. The van der Waals surface area contributed by atoms with Gasteiger partial charge in [0.05, 0.1) is 35.8 Å². The van der Waals surface area contributed by atoms with E-state index in [4.69, 9.17) is 4.74 Å². The van der Waals surface area contributed by atoms with Gasteiger partial charge in [-0.25, -0.2) is 17.2 Å². The smallest absolute Gasteiger partial charge is 0.272 e. The lowest BCUT2D eigenvalue weighted by molar-refractivity contribution is 0.0623. The quantitative estimate of drug-likeness (QED) is 0.262. The highest BCUT2D eigenvalue weighted by molar-refractivity contribution is 7.92. The van der Waals surface area contributed by atoms with Crippen molar-refractivity contribution in [1.82, 2.24) is 14.4 Å². The van der Waals surface area contributed by atoms with Crippen molar-refractivity contribution in [2.45, 2.75) is 32.7 Å². The molecular formula is C34H39F2N5O5S. The molecule has 2 heterocycles. The highest BCUT2D eigenvalue weighted by atomic mass is 32.2. The first-order valence-corrected chi connectivity index (χ1v) is 17.0. The molecule has 250 valence electrons. The molecule has 1 fully saturated rings. The largest absolute Gasteiger partial charge is 0.492 e. The van der Waals surface area contributed by atoms with Crippen LogP contribution in [0.1, 0.15) is 52.7 Å². The third-order valence-electron chi connectivity index (χ3n) is 8.31. The summed E-state index contributed by atoms with van der Waals surface area (Å²) in [5, 5.41) is 3.80. The number of anilines is 2. The summed E-state index contributed by atoms with van der Waals surface area (Å²) in [5.41, 5.74) is 2.95. The lowest BCUT2D eigenvalue weighted by Crippen LogP contribution is -2.48. The average Bonchev–Trinajstić information content (AvgIpc) is 3.34. The van der Waals surface area contributed by atoms with Gasteiger partial charge < -0.3 is 19.5 Å². The fourth-order valence-electron chi connectivity index (χ4n) is 5.87. The van der Waals surface area contributed by atoms with Crippen molar-refractivity contribution in [2.24, 2.45) is 7.05 Å². The summed E-state index contributed by atoms with van der Waals surface area (Å²) in [6.07, 6.45) is 1.05. The Bertz CT molecular complexity index is 1960. The number of aryl methyl sites for hydroxylation is 1. The molecular weight excluding hydrogens is 628 g/mol. The summed E-state index contributed by atoms with van der Waals surface area (Å²) in [5.74, 6) is -2.94. The number of piperazine rings is 1. The Morgan fingerprint density at radius 3 is 2.26 bits per heavy atom. The molecule has 4 aromatic rings. The standard InChI is InChI=1S/C34H39F2N5O5S/c1-34(2,3)23-18-26(31(46-5)27(19-23)38-47(6,44)45)37-32(42)28-17-21-9-7-10-22(30(21)39(28)4)20-40-13-15-41(16-14-40)33(43)24-11-8-12-25(35)29(24)36/h7-12,17-19,38H,13-16,20H2,1-6H3,(H,37,42). The van der Waals surface area contributed by atoms with Gasteiger partial charge in [0, 0.05) is 45.2 Å². The fourth-order valence-corrected chi connectivity index (χ4v) is 6.42. The van der Waals surface area contributed by atoms with Gasteiger partial charge in [0.1, 0.15) is 5.69 Å². The molecule has 0 atom stereocenters. The van der Waals surface area contributed by atoms with Gasteiger partial charge in [0.2, 0.25) is 10.0 Å². The van der Waals surface area contributed by atoms with Gasteiger partial charge in [-0.3, -0.25) is 19.2 Å². The Labute approximate surface area is 273 Å². The number of methoxy groups -OCH3 is 1. The van der Waals surface area contributed by atoms with E-state index in [-0.39, 0.29) is 22.4 Å². The van der Waals surface area contributed by atoms with E-state index >= 15 is 0 Å². The first-order valence-electron chi connectivity index (χ1n) is 15.1. The first-order chi connectivity index (χ1) is 22.1. The molecule has 13 heteroatoms. The number of aromatic nitrogens is 1. The van der Waals surface area contributed by atoms with Crippen molar-refractivity contribution in [2.75, 3.05) is 49.6 Å². The second-order valence-electron chi connectivity index (χ2n) is 12.8. The molecule has 0 bridgehead atoms. The van der Waals surface area contributed by atoms with Crippen LogP contribution in [-0.2, 0) is 29.0 Å². The Kier molecular flexibility index (Phi) is 9.33. The predicted molar refractivity (Wildman–Crippen MR) is 179 cm³/mol. The SMILES string of the molecule is COc1c(NC(=O)c2cc3cccc(CN4CCN(C(=O)c5cccc(F)c5F)CC4)c3n2C)cc(C(C)(C)C)cc1NS(C)(=O)=O. The maximum atomic E-state index is 14.2.